The first kappa shape index (κ1) is 19.6. The molecule has 0 radical (unpaired) electrons. The van der Waals surface area contributed by atoms with Crippen molar-refractivity contribution in [2.75, 3.05) is 5.32 Å². The Morgan fingerprint density at radius 3 is 2.48 bits per heavy atom. The van der Waals surface area contributed by atoms with Crippen molar-refractivity contribution < 1.29 is 14.6 Å². The lowest BCUT2D eigenvalue weighted by Gasteiger charge is -2.37. The van der Waals surface area contributed by atoms with E-state index in [0.717, 1.165) is 24.9 Å². The average molecular weight is 392 g/mol. The molecule has 2 aromatic carbocycles. The summed E-state index contributed by atoms with van der Waals surface area (Å²) in [6, 6.07) is 18.2. The van der Waals surface area contributed by atoms with Gasteiger partial charge in [-0.15, -0.1) is 0 Å². The summed E-state index contributed by atoms with van der Waals surface area (Å²) < 4.78 is 5.99. The molecule has 0 saturated heterocycles. The number of aliphatic hydroxyl groups excluding tert-OH is 1. The number of benzene rings is 2. The summed E-state index contributed by atoms with van der Waals surface area (Å²) in [5, 5.41) is 14.0. The van der Waals surface area contributed by atoms with Crippen LogP contribution in [0.3, 0.4) is 0 Å². The van der Waals surface area contributed by atoms with Gasteiger partial charge in [0.05, 0.1) is 0 Å². The zero-order chi connectivity index (χ0) is 20.3. The van der Waals surface area contributed by atoms with Crippen molar-refractivity contribution in [3.05, 3.63) is 77.2 Å². The molecule has 2 aliphatic rings. The second-order valence-electron chi connectivity index (χ2n) is 8.29. The topological polar surface area (TPSA) is 58.6 Å². The van der Waals surface area contributed by atoms with Crippen LogP contribution < -0.4 is 5.32 Å². The van der Waals surface area contributed by atoms with Crippen LogP contribution in [0.4, 0.5) is 5.69 Å². The molecule has 1 saturated carbocycles. The maximum atomic E-state index is 12.9. The predicted molar refractivity (Wildman–Crippen MR) is 115 cm³/mol. The van der Waals surface area contributed by atoms with Gasteiger partial charge in [-0.3, -0.25) is 0 Å². The van der Waals surface area contributed by atoms with Crippen LogP contribution in [-0.2, 0) is 16.0 Å². The summed E-state index contributed by atoms with van der Waals surface area (Å²) in [5.41, 5.74) is 2.85. The zero-order valence-corrected chi connectivity index (χ0v) is 17.0. The number of anilines is 1. The Labute approximate surface area is 172 Å². The van der Waals surface area contributed by atoms with E-state index in [4.69, 9.17) is 4.74 Å². The van der Waals surface area contributed by atoms with Crippen LogP contribution in [0.1, 0.15) is 62.5 Å². The third-order valence-electron chi connectivity index (χ3n) is 5.95. The molecule has 152 valence electrons. The number of hydrogen-bond acceptors (Lipinski definition) is 4. The zero-order valence-electron chi connectivity index (χ0n) is 17.0. The molecule has 0 amide bonds. The summed E-state index contributed by atoms with van der Waals surface area (Å²) in [6.07, 6.45) is 5.85. The number of cyclic esters (lactones) is 1. The highest BCUT2D eigenvalue weighted by molar-refractivity contribution is 5.94. The molecule has 1 atom stereocenters. The van der Waals surface area contributed by atoms with Crippen LogP contribution in [-0.4, -0.2) is 16.7 Å². The second kappa shape index (κ2) is 8.32. The Kier molecular flexibility index (Phi) is 5.61. The second-order valence-corrected chi connectivity index (χ2v) is 8.29. The van der Waals surface area contributed by atoms with Gasteiger partial charge < -0.3 is 15.2 Å². The van der Waals surface area contributed by atoms with Gasteiger partial charge in [0, 0.05) is 12.1 Å². The molecule has 0 aromatic heterocycles. The van der Waals surface area contributed by atoms with E-state index >= 15 is 0 Å². The van der Waals surface area contributed by atoms with E-state index < -0.39 is 11.6 Å². The molecular formula is C25H29NO3. The first-order valence-corrected chi connectivity index (χ1v) is 10.7. The molecular weight excluding hydrogens is 362 g/mol. The van der Waals surface area contributed by atoms with E-state index in [0.29, 0.717) is 18.8 Å². The molecule has 1 heterocycles. The number of rotatable bonds is 8. The molecule has 2 aromatic rings. The summed E-state index contributed by atoms with van der Waals surface area (Å²) >= 11 is 0. The maximum Gasteiger partial charge on any atom is 0.358 e. The Bertz CT molecular complexity index is 901. The van der Waals surface area contributed by atoms with Crippen LogP contribution in [0.25, 0.3) is 0 Å². The first-order valence-electron chi connectivity index (χ1n) is 10.7. The largest absolute Gasteiger partial charge is 0.510 e. The molecule has 1 aliphatic carbocycles. The predicted octanol–water partition coefficient (Wildman–Crippen LogP) is 5.86. The molecule has 4 rings (SSSR count). The van der Waals surface area contributed by atoms with Crippen molar-refractivity contribution in [2.45, 2.75) is 63.4 Å². The lowest BCUT2D eigenvalue weighted by Crippen LogP contribution is -2.42. The Morgan fingerprint density at radius 1 is 1.07 bits per heavy atom. The van der Waals surface area contributed by atoms with Crippen LogP contribution in [0.15, 0.2) is 66.1 Å². The number of carbonyl (C=O) groups is 1. The molecule has 1 unspecified atom stereocenters. The Balaban J connectivity index is 1.53. The number of carbonyl (C=O) groups excluding carboxylic acids is 1. The molecule has 1 aliphatic heterocycles. The van der Waals surface area contributed by atoms with E-state index in [1.54, 1.807) is 0 Å². The summed E-state index contributed by atoms with van der Waals surface area (Å²) in [6.45, 7) is 2.08. The lowest BCUT2D eigenvalue weighted by atomic mass is 9.84. The fraction of sp³-hybridized carbons (Fsp3) is 0.400. The smallest absolute Gasteiger partial charge is 0.358 e. The van der Waals surface area contributed by atoms with Gasteiger partial charge in [0.25, 0.3) is 0 Å². The average Bonchev–Trinajstić information content (AvgIpc) is 3.56. The molecule has 29 heavy (non-hydrogen) atoms. The fourth-order valence-electron chi connectivity index (χ4n) is 4.29. The van der Waals surface area contributed by atoms with Gasteiger partial charge in [-0.25, -0.2) is 4.79 Å². The SMILES string of the molecule is CCCC1(CCc2ccccc2)CC(O)=C(Nc2ccccc2C2CC2)C(=O)O1. The van der Waals surface area contributed by atoms with Crippen LogP contribution in [0, 0.1) is 0 Å². The Hall–Kier alpha value is -2.75. The van der Waals surface area contributed by atoms with Gasteiger partial charge in [0.2, 0.25) is 0 Å². The minimum atomic E-state index is -0.646. The van der Waals surface area contributed by atoms with Crippen molar-refractivity contribution in [1.82, 2.24) is 0 Å². The summed E-state index contributed by atoms with van der Waals surface area (Å²) in [4.78, 5) is 12.9. The highest BCUT2D eigenvalue weighted by atomic mass is 16.6. The standard InChI is InChI=1S/C25H29NO3/c1-2-15-25(16-14-18-8-4-3-5-9-18)17-22(27)23(24(28)29-25)26-21-11-7-6-10-20(21)19-12-13-19/h3-11,19,26-27H,2,12-17H2,1H3. The third-order valence-corrected chi connectivity index (χ3v) is 5.95. The van der Waals surface area contributed by atoms with Gasteiger partial charge in [0.15, 0.2) is 5.70 Å². The fourth-order valence-corrected chi connectivity index (χ4v) is 4.29. The number of aliphatic hydroxyl groups is 1. The monoisotopic (exact) mass is 391 g/mol. The summed E-state index contributed by atoms with van der Waals surface area (Å²) in [5.74, 6) is 0.195. The van der Waals surface area contributed by atoms with E-state index in [9.17, 15) is 9.90 Å². The molecule has 0 spiro atoms. The lowest BCUT2D eigenvalue weighted by molar-refractivity contribution is -0.160. The quantitative estimate of drug-likeness (QED) is 0.553. The number of ether oxygens (including phenoxy) is 1. The molecule has 2 N–H and O–H groups in total. The van der Waals surface area contributed by atoms with E-state index in [2.05, 4.69) is 30.4 Å². The van der Waals surface area contributed by atoms with Crippen LogP contribution >= 0.6 is 0 Å². The molecule has 4 nitrogen and oxygen atoms in total. The van der Waals surface area contributed by atoms with Crippen molar-refractivity contribution in [1.29, 1.82) is 0 Å². The minimum absolute atomic E-state index is 0.105. The Morgan fingerprint density at radius 2 is 1.79 bits per heavy atom. The normalized spacial score (nSPS) is 21.8. The summed E-state index contributed by atoms with van der Waals surface area (Å²) in [7, 11) is 0. The minimum Gasteiger partial charge on any atom is -0.510 e. The van der Waals surface area contributed by atoms with Crippen molar-refractivity contribution >= 4 is 11.7 Å². The highest BCUT2D eigenvalue weighted by Gasteiger charge is 2.41. The van der Waals surface area contributed by atoms with Gasteiger partial charge >= 0.3 is 5.97 Å². The van der Waals surface area contributed by atoms with Gasteiger partial charge in [-0.1, -0.05) is 61.9 Å². The molecule has 1 fully saturated rings. The number of esters is 1. The van der Waals surface area contributed by atoms with Crippen molar-refractivity contribution in [3.63, 3.8) is 0 Å². The van der Waals surface area contributed by atoms with Crippen LogP contribution in [0.2, 0.25) is 0 Å². The third kappa shape index (κ3) is 4.47. The van der Waals surface area contributed by atoms with E-state index in [1.165, 1.54) is 24.0 Å². The highest BCUT2D eigenvalue weighted by Crippen LogP contribution is 2.44. The molecule has 4 heteroatoms. The number of nitrogens with one attached hydrogen (secondary N) is 1. The first-order chi connectivity index (χ1) is 14.1. The van der Waals surface area contributed by atoms with Gasteiger partial charge in [-0.2, -0.15) is 0 Å². The maximum absolute atomic E-state index is 12.9. The number of hydrogen-bond donors (Lipinski definition) is 2. The van der Waals surface area contributed by atoms with Crippen LogP contribution in [0.5, 0.6) is 0 Å². The molecule has 0 bridgehead atoms. The van der Waals surface area contributed by atoms with Gasteiger partial charge in [0.1, 0.15) is 11.4 Å². The van der Waals surface area contributed by atoms with E-state index in [1.807, 2.05) is 36.4 Å². The van der Waals surface area contributed by atoms with Crippen molar-refractivity contribution in [3.8, 4) is 0 Å². The number of aryl methyl sites for hydroxylation is 1. The van der Waals surface area contributed by atoms with E-state index in [-0.39, 0.29) is 11.5 Å². The number of para-hydroxylation sites is 1. The van der Waals surface area contributed by atoms with Gasteiger partial charge in [-0.05, 0) is 55.2 Å². The van der Waals surface area contributed by atoms with Crippen molar-refractivity contribution in [2.24, 2.45) is 0 Å².